The van der Waals surface area contributed by atoms with Gasteiger partial charge >= 0.3 is 5.97 Å². The summed E-state index contributed by atoms with van der Waals surface area (Å²) in [6.45, 7) is 7.41. The molecule has 1 radical (unpaired) electrons. The highest BCUT2D eigenvalue weighted by molar-refractivity contribution is 7.85. The fourth-order valence-corrected chi connectivity index (χ4v) is 7.03. The molecule has 18 nitrogen and oxygen atoms in total. The molecule has 21 heteroatoms. The monoisotopic (exact) mass is 873 g/mol. The minimum atomic E-state index is -4.88. The zero-order valence-corrected chi connectivity index (χ0v) is 34.9. The standard InChI is InChI=1S/C39H47ClFN8O10S/c1-23(2)36(47-35(50)22-57-14-11-44-48-42)38(52)45-25(4)37(51)46-29-9-8-27(34(17-29)60(54,55)56)21-59-39(53)33-20-43-10-12-49(33)13-15-58-30-18-31(24(3)32(40)19-30)26-6-5-7-28(41)16-26/h6-9,16-19,23,25,33,36,43H,10-15,20-22H2,1-4H3,(H,45,52)(H,46,51)(H,47,50)(H,54,55,56)/t25-,33?,36-/m0/s1. The van der Waals surface area contributed by atoms with E-state index in [-0.39, 0.29) is 43.5 Å². The third-order valence-electron chi connectivity index (χ3n) is 9.29. The fourth-order valence-electron chi connectivity index (χ4n) is 6.08. The molecule has 1 aliphatic rings. The van der Waals surface area contributed by atoms with Crippen molar-refractivity contribution in [2.24, 2.45) is 11.0 Å². The van der Waals surface area contributed by atoms with Crippen molar-refractivity contribution in [1.82, 2.24) is 20.9 Å². The van der Waals surface area contributed by atoms with Crippen molar-refractivity contribution in [2.45, 2.75) is 57.3 Å². The summed E-state index contributed by atoms with van der Waals surface area (Å²) >= 11 is 6.46. The molecule has 1 saturated heterocycles. The number of carbonyl (C=O) groups excluding carboxylic acids is 4. The summed E-state index contributed by atoms with van der Waals surface area (Å²) in [4.78, 5) is 55.5. The van der Waals surface area contributed by atoms with E-state index in [2.05, 4.69) is 37.4 Å². The lowest BCUT2D eigenvalue weighted by Gasteiger charge is -2.34. The van der Waals surface area contributed by atoms with E-state index in [0.717, 1.165) is 11.6 Å². The van der Waals surface area contributed by atoms with Gasteiger partial charge in [-0.3, -0.25) is 28.6 Å². The van der Waals surface area contributed by atoms with Crippen LogP contribution in [0, 0.1) is 24.7 Å². The Morgan fingerprint density at radius 2 is 1.88 bits per heavy atom. The van der Waals surface area contributed by atoms with Crippen molar-refractivity contribution in [2.75, 3.05) is 57.9 Å². The minimum absolute atomic E-state index is 0.00210. The van der Waals surface area contributed by atoms with Gasteiger partial charge in [0, 0.05) is 53.9 Å². The molecule has 4 rings (SSSR count). The molecular formula is C39H47ClFN8O10S. The van der Waals surface area contributed by atoms with Crippen LogP contribution in [0.3, 0.4) is 0 Å². The molecule has 1 unspecified atom stereocenters. The maximum Gasteiger partial charge on any atom is 0.325 e. The summed E-state index contributed by atoms with van der Waals surface area (Å²) in [6.07, 6.45) is 0. The van der Waals surface area contributed by atoms with Gasteiger partial charge in [-0.1, -0.05) is 36.6 Å². The van der Waals surface area contributed by atoms with Gasteiger partial charge in [-0.15, -0.1) is 0 Å². The molecule has 0 aliphatic carbocycles. The van der Waals surface area contributed by atoms with Crippen LogP contribution in [0.15, 0.2) is 58.5 Å². The Balaban J connectivity index is 1.34. The van der Waals surface area contributed by atoms with Gasteiger partial charge in [0.05, 0.1) is 6.61 Å². The molecule has 0 saturated carbocycles. The predicted octanol–water partition coefficient (Wildman–Crippen LogP) is 3.81. The lowest BCUT2D eigenvalue weighted by molar-refractivity contribution is -0.152. The lowest BCUT2D eigenvalue weighted by Crippen LogP contribution is -2.56. The van der Waals surface area contributed by atoms with Crippen LogP contribution in [0.5, 0.6) is 5.75 Å². The summed E-state index contributed by atoms with van der Waals surface area (Å²) in [7, 11) is -4.88. The molecule has 3 atom stereocenters. The van der Waals surface area contributed by atoms with Crippen LogP contribution in [0.1, 0.15) is 31.9 Å². The number of anilines is 1. The lowest BCUT2D eigenvalue weighted by atomic mass is 10.00. The first kappa shape index (κ1) is 47.3. The molecule has 3 amide bonds. The zero-order chi connectivity index (χ0) is 44.0. The molecule has 0 spiro atoms. The van der Waals surface area contributed by atoms with Crippen LogP contribution < -0.4 is 26.0 Å². The summed E-state index contributed by atoms with van der Waals surface area (Å²) in [5.74, 6) is -3.07. The van der Waals surface area contributed by atoms with Gasteiger partial charge in [0.2, 0.25) is 17.7 Å². The Bertz CT molecular complexity index is 2190. The summed E-state index contributed by atoms with van der Waals surface area (Å²) in [5.41, 5.74) is 10.2. The molecule has 0 aromatic heterocycles. The third-order valence-corrected chi connectivity index (χ3v) is 10.6. The highest BCUT2D eigenvalue weighted by Gasteiger charge is 2.31. The van der Waals surface area contributed by atoms with Crippen LogP contribution >= 0.6 is 11.6 Å². The molecule has 5 N–H and O–H groups in total. The van der Waals surface area contributed by atoms with Crippen LogP contribution in [-0.4, -0.2) is 112 Å². The molecule has 60 heavy (non-hydrogen) atoms. The summed E-state index contributed by atoms with van der Waals surface area (Å²) in [6, 6.07) is 11.0. The fraction of sp³-hybridized carbons (Fsp3) is 0.436. The van der Waals surface area contributed by atoms with Gasteiger partial charge < -0.3 is 35.5 Å². The molecule has 1 fully saturated rings. The van der Waals surface area contributed by atoms with Crippen molar-refractivity contribution in [3.8, 4) is 16.9 Å². The van der Waals surface area contributed by atoms with Gasteiger partial charge in [0.1, 0.15) is 54.4 Å². The average molecular weight is 874 g/mol. The quantitative estimate of drug-likeness (QED) is 0.0272. The number of nitrogens with one attached hydrogen (secondary N) is 4. The first-order valence-corrected chi connectivity index (χ1v) is 20.6. The second-order valence-corrected chi connectivity index (χ2v) is 15.8. The molecule has 0 bridgehead atoms. The maximum atomic E-state index is 13.9. The average Bonchev–Trinajstić information content (AvgIpc) is 3.20. The first-order chi connectivity index (χ1) is 28.5. The largest absolute Gasteiger partial charge is 0.492 e. The Morgan fingerprint density at radius 3 is 2.58 bits per heavy atom. The number of rotatable bonds is 20. The van der Waals surface area contributed by atoms with Gasteiger partial charge in [-0.05, 0) is 90.5 Å². The number of carbonyl (C=O) groups is 4. The van der Waals surface area contributed by atoms with Gasteiger partial charge in [0.15, 0.2) is 0 Å². The van der Waals surface area contributed by atoms with E-state index in [1.807, 2.05) is 11.8 Å². The second-order valence-electron chi connectivity index (χ2n) is 14.0. The molecule has 3 aromatic rings. The van der Waals surface area contributed by atoms with E-state index < -0.39 is 75.9 Å². The SMILES string of the molecule is Cc1c(Cl)cc(OCCN2CCNCC2C(=O)OCc2ccc(NC(=O)[C@H](C)NC(=O)[C@@H](NC(=O)COCCN=[N+]=[N-])C(C)C)cc2S(=O)(=O)O)cc1-c1c[c]cc(F)c1. The summed E-state index contributed by atoms with van der Waals surface area (Å²) in [5, 5.41) is 14.4. The number of piperazine rings is 1. The Labute approximate surface area is 351 Å². The van der Waals surface area contributed by atoms with Crippen molar-refractivity contribution in [3.63, 3.8) is 0 Å². The molecule has 3 aromatic carbocycles. The van der Waals surface area contributed by atoms with Crippen LogP contribution in [0.25, 0.3) is 21.6 Å². The number of ether oxygens (including phenoxy) is 3. The number of esters is 1. The van der Waals surface area contributed by atoms with E-state index in [9.17, 15) is 36.5 Å². The van der Waals surface area contributed by atoms with Gasteiger partial charge in [-0.2, -0.15) is 8.42 Å². The molecule has 1 aliphatic heterocycles. The third kappa shape index (κ3) is 13.9. The first-order valence-electron chi connectivity index (χ1n) is 18.8. The smallest absolute Gasteiger partial charge is 0.325 e. The molecule has 323 valence electrons. The Hall–Kier alpha value is -5.34. The van der Waals surface area contributed by atoms with Crippen LogP contribution in [-0.2, 0) is 45.4 Å². The van der Waals surface area contributed by atoms with E-state index in [4.69, 9.17) is 31.3 Å². The van der Waals surface area contributed by atoms with Crippen LogP contribution in [0.2, 0.25) is 5.02 Å². The number of hydrogen-bond acceptors (Lipinski definition) is 12. The number of benzene rings is 3. The Kier molecular flexibility index (Phi) is 17.6. The van der Waals surface area contributed by atoms with E-state index >= 15 is 0 Å². The van der Waals surface area contributed by atoms with Gasteiger partial charge in [-0.25, -0.2) is 4.39 Å². The number of azide groups is 1. The number of hydrogen-bond donors (Lipinski definition) is 5. The zero-order valence-electron chi connectivity index (χ0n) is 33.4. The van der Waals surface area contributed by atoms with Crippen molar-refractivity contribution in [3.05, 3.63) is 87.0 Å². The number of halogens is 2. The topological polar surface area (TPSA) is 250 Å². The predicted molar refractivity (Wildman–Crippen MR) is 218 cm³/mol. The second kappa shape index (κ2) is 22.3. The Morgan fingerprint density at radius 1 is 1.12 bits per heavy atom. The van der Waals surface area contributed by atoms with E-state index in [1.54, 1.807) is 32.0 Å². The van der Waals surface area contributed by atoms with E-state index in [0.29, 0.717) is 41.5 Å². The maximum absolute atomic E-state index is 13.9. The van der Waals surface area contributed by atoms with Crippen LogP contribution in [0.4, 0.5) is 10.1 Å². The highest BCUT2D eigenvalue weighted by Crippen LogP contribution is 2.33. The minimum Gasteiger partial charge on any atom is -0.492 e. The number of amides is 3. The van der Waals surface area contributed by atoms with E-state index in [1.165, 1.54) is 31.2 Å². The van der Waals surface area contributed by atoms with Crippen molar-refractivity contribution in [1.29, 1.82) is 0 Å². The number of nitrogens with zero attached hydrogens (tertiary/aromatic N) is 4. The summed E-state index contributed by atoms with van der Waals surface area (Å²) < 4.78 is 65.5. The van der Waals surface area contributed by atoms with Crippen molar-refractivity contribution < 1.29 is 50.7 Å². The molecular weight excluding hydrogens is 827 g/mol. The van der Waals surface area contributed by atoms with Gasteiger partial charge in [0.25, 0.3) is 10.1 Å². The highest BCUT2D eigenvalue weighted by atomic mass is 35.5. The van der Waals surface area contributed by atoms with Crippen molar-refractivity contribution >= 4 is 51.1 Å². The normalized spacial score (nSPS) is 15.3. The molecule has 1 heterocycles.